The molecule has 0 aromatic carbocycles. The largest absolute Gasteiger partial charge is 0.383 e. The normalized spacial score (nSPS) is 10.6. The van der Waals surface area contributed by atoms with Crippen molar-refractivity contribution in [3.63, 3.8) is 0 Å². The lowest BCUT2D eigenvalue weighted by Crippen LogP contribution is -2.28. The molecular weight excluding hydrogens is 220 g/mol. The summed E-state index contributed by atoms with van der Waals surface area (Å²) in [6.07, 6.45) is 3.23. The van der Waals surface area contributed by atoms with Crippen molar-refractivity contribution >= 4 is 11.6 Å². The maximum atomic E-state index is 5.25. The molecule has 0 bridgehead atoms. The lowest BCUT2D eigenvalue weighted by Gasteiger charge is -2.16. The summed E-state index contributed by atoms with van der Waals surface area (Å²) >= 11 is 0. The van der Waals surface area contributed by atoms with Crippen LogP contribution >= 0.6 is 0 Å². The van der Waals surface area contributed by atoms with E-state index in [0.717, 1.165) is 26.2 Å². The van der Waals surface area contributed by atoms with Crippen molar-refractivity contribution in [3.8, 4) is 0 Å². The molecule has 0 aliphatic heterocycles. The summed E-state index contributed by atoms with van der Waals surface area (Å²) in [5.74, 6) is 6.50. The Kier molecular flexibility index (Phi) is 6.23. The zero-order chi connectivity index (χ0) is 12.5. The van der Waals surface area contributed by atoms with Gasteiger partial charge in [0.2, 0.25) is 0 Å². The molecule has 0 spiro atoms. The zero-order valence-corrected chi connectivity index (χ0v) is 10.3. The van der Waals surface area contributed by atoms with Crippen molar-refractivity contribution in [2.45, 2.75) is 0 Å². The zero-order valence-electron chi connectivity index (χ0n) is 10.3. The number of likely N-dealkylation sites (N-methyl/N-ethyl adjacent to an activating group) is 1. The molecule has 0 fully saturated rings. The van der Waals surface area contributed by atoms with E-state index in [4.69, 9.17) is 10.6 Å². The van der Waals surface area contributed by atoms with Gasteiger partial charge in [-0.1, -0.05) is 0 Å². The molecule has 0 saturated carbocycles. The lowest BCUT2D eigenvalue weighted by atomic mass is 10.5. The van der Waals surface area contributed by atoms with Gasteiger partial charge in [-0.25, -0.2) is 10.8 Å². The van der Waals surface area contributed by atoms with Crippen molar-refractivity contribution in [3.05, 3.63) is 12.4 Å². The van der Waals surface area contributed by atoms with Crippen LogP contribution in [0, 0.1) is 0 Å². The predicted octanol–water partition coefficient (Wildman–Crippen LogP) is -0.248. The first kappa shape index (κ1) is 13.6. The fraction of sp³-hybridized carbons (Fsp3) is 0.600. The number of anilines is 2. The summed E-state index contributed by atoms with van der Waals surface area (Å²) < 4.78 is 5.00. The number of nitrogens with one attached hydrogen (secondary N) is 2. The van der Waals surface area contributed by atoms with E-state index in [1.54, 1.807) is 19.5 Å². The van der Waals surface area contributed by atoms with Crippen LogP contribution in [0.25, 0.3) is 0 Å². The van der Waals surface area contributed by atoms with Gasteiger partial charge in [0, 0.05) is 26.7 Å². The van der Waals surface area contributed by atoms with Gasteiger partial charge in [-0.2, -0.15) is 0 Å². The van der Waals surface area contributed by atoms with Crippen molar-refractivity contribution in [1.82, 2.24) is 14.9 Å². The fourth-order valence-corrected chi connectivity index (χ4v) is 1.25. The van der Waals surface area contributed by atoms with Crippen molar-refractivity contribution in [2.75, 3.05) is 51.1 Å². The highest BCUT2D eigenvalue weighted by Crippen LogP contribution is 2.04. The molecule has 0 radical (unpaired) electrons. The SMILES string of the molecule is COCCN(C)CCNc1cncc(NN)n1. The molecule has 96 valence electrons. The standard InChI is InChI=1S/C10H20N6O/c1-16(5-6-17-2)4-3-13-9-7-12-8-10(14-9)15-11/h7-8H,3-6,11H2,1-2H3,(H2,13,14,15). The Balaban J connectivity index is 2.25. The molecule has 7 heteroatoms. The maximum absolute atomic E-state index is 5.25. The van der Waals surface area contributed by atoms with E-state index in [-0.39, 0.29) is 0 Å². The van der Waals surface area contributed by atoms with Crippen LogP contribution in [-0.2, 0) is 4.74 Å². The van der Waals surface area contributed by atoms with Gasteiger partial charge in [0.15, 0.2) is 5.82 Å². The third kappa shape index (κ3) is 5.43. The summed E-state index contributed by atoms with van der Waals surface area (Å²) in [4.78, 5) is 10.4. The van der Waals surface area contributed by atoms with Crippen LogP contribution in [0.2, 0.25) is 0 Å². The van der Waals surface area contributed by atoms with E-state index in [1.807, 2.05) is 7.05 Å². The van der Waals surface area contributed by atoms with Crippen LogP contribution in [0.3, 0.4) is 0 Å². The van der Waals surface area contributed by atoms with Crippen LogP contribution in [-0.4, -0.2) is 55.3 Å². The molecule has 1 rings (SSSR count). The van der Waals surface area contributed by atoms with Crippen molar-refractivity contribution in [2.24, 2.45) is 5.84 Å². The van der Waals surface area contributed by atoms with Gasteiger partial charge < -0.3 is 20.4 Å². The maximum Gasteiger partial charge on any atom is 0.160 e. The van der Waals surface area contributed by atoms with E-state index in [9.17, 15) is 0 Å². The first-order valence-corrected chi connectivity index (χ1v) is 5.46. The predicted molar refractivity (Wildman–Crippen MR) is 67.7 cm³/mol. The number of hydrogen-bond donors (Lipinski definition) is 3. The molecule has 17 heavy (non-hydrogen) atoms. The Bertz CT molecular complexity index is 321. The Morgan fingerprint density at radius 1 is 1.35 bits per heavy atom. The molecule has 1 aromatic rings. The number of ether oxygens (including phenoxy) is 1. The molecule has 1 aromatic heterocycles. The molecule has 0 aliphatic rings. The van der Waals surface area contributed by atoms with E-state index >= 15 is 0 Å². The minimum atomic E-state index is 0.544. The quantitative estimate of drug-likeness (QED) is 0.426. The number of nitrogens with zero attached hydrogens (tertiary/aromatic N) is 3. The van der Waals surface area contributed by atoms with Crippen molar-refractivity contribution < 1.29 is 4.74 Å². The Labute approximate surface area is 101 Å². The average Bonchev–Trinajstić information content (AvgIpc) is 2.36. The topological polar surface area (TPSA) is 88.3 Å². The monoisotopic (exact) mass is 240 g/mol. The highest BCUT2D eigenvalue weighted by atomic mass is 16.5. The fourth-order valence-electron chi connectivity index (χ4n) is 1.25. The second kappa shape index (κ2) is 7.77. The molecule has 7 nitrogen and oxygen atoms in total. The van der Waals surface area contributed by atoms with Gasteiger partial charge in [-0.15, -0.1) is 0 Å². The number of rotatable bonds is 8. The molecule has 0 atom stereocenters. The van der Waals surface area contributed by atoms with Crippen LogP contribution in [0.15, 0.2) is 12.4 Å². The van der Waals surface area contributed by atoms with E-state index < -0.39 is 0 Å². The first-order chi connectivity index (χ1) is 8.26. The van der Waals surface area contributed by atoms with Crippen LogP contribution in [0.5, 0.6) is 0 Å². The third-order valence-electron chi connectivity index (χ3n) is 2.26. The molecule has 0 unspecified atom stereocenters. The van der Waals surface area contributed by atoms with E-state index in [0.29, 0.717) is 11.6 Å². The van der Waals surface area contributed by atoms with Crippen LogP contribution < -0.4 is 16.6 Å². The number of hydrazine groups is 1. The van der Waals surface area contributed by atoms with Crippen LogP contribution in [0.1, 0.15) is 0 Å². The van der Waals surface area contributed by atoms with E-state index in [1.165, 1.54) is 0 Å². The molecule has 0 saturated heterocycles. The highest BCUT2D eigenvalue weighted by Gasteiger charge is 1.99. The molecule has 0 aliphatic carbocycles. The molecule has 0 amide bonds. The number of methoxy groups -OCH3 is 1. The first-order valence-electron chi connectivity index (χ1n) is 5.46. The highest BCUT2D eigenvalue weighted by molar-refractivity contribution is 5.40. The molecule has 1 heterocycles. The van der Waals surface area contributed by atoms with Gasteiger partial charge >= 0.3 is 0 Å². The Morgan fingerprint density at radius 2 is 2.12 bits per heavy atom. The summed E-state index contributed by atoms with van der Waals surface area (Å²) in [5, 5.41) is 3.18. The van der Waals surface area contributed by atoms with Gasteiger partial charge in [0.05, 0.1) is 19.0 Å². The smallest absolute Gasteiger partial charge is 0.160 e. The van der Waals surface area contributed by atoms with Gasteiger partial charge in [-0.3, -0.25) is 4.98 Å². The number of aromatic nitrogens is 2. The second-order valence-corrected chi connectivity index (χ2v) is 3.66. The Morgan fingerprint density at radius 3 is 2.82 bits per heavy atom. The summed E-state index contributed by atoms with van der Waals surface area (Å²) in [6, 6.07) is 0. The van der Waals surface area contributed by atoms with Gasteiger partial charge in [0.25, 0.3) is 0 Å². The summed E-state index contributed by atoms with van der Waals surface area (Å²) in [5.41, 5.74) is 2.45. The van der Waals surface area contributed by atoms with E-state index in [2.05, 4.69) is 25.6 Å². The summed E-state index contributed by atoms with van der Waals surface area (Å²) in [6.45, 7) is 3.35. The minimum Gasteiger partial charge on any atom is -0.383 e. The minimum absolute atomic E-state index is 0.544. The third-order valence-corrected chi connectivity index (χ3v) is 2.26. The van der Waals surface area contributed by atoms with Crippen LogP contribution in [0.4, 0.5) is 11.6 Å². The van der Waals surface area contributed by atoms with Crippen molar-refractivity contribution in [1.29, 1.82) is 0 Å². The lowest BCUT2D eigenvalue weighted by molar-refractivity contribution is 0.163. The van der Waals surface area contributed by atoms with Gasteiger partial charge in [0.1, 0.15) is 5.82 Å². The Hall–Kier alpha value is -1.44. The van der Waals surface area contributed by atoms with Gasteiger partial charge in [-0.05, 0) is 7.05 Å². The number of nitrogens with two attached hydrogens (primary N) is 1. The number of nitrogen functional groups attached to an aromatic ring is 1. The molecule has 4 N–H and O–H groups in total. The molecular formula is C10H20N6O. The second-order valence-electron chi connectivity index (χ2n) is 3.66. The number of hydrogen-bond acceptors (Lipinski definition) is 7. The summed E-state index contributed by atoms with van der Waals surface area (Å²) in [7, 11) is 3.75. The average molecular weight is 240 g/mol.